The molecule has 1 aliphatic carbocycles. The molecule has 2 nitrogen and oxygen atoms in total. The fourth-order valence-corrected chi connectivity index (χ4v) is 3.78. The van der Waals surface area contributed by atoms with Crippen molar-refractivity contribution in [1.29, 1.82) is 0 Å². The van der Waals surface area contributed by atoms with E-state index in [4.69, 9.17) is 27.9 Å². The topological polar surface area (TPSA) is 12.5 Å². The highest BCUT2D eigenvalue weighted by atomic mass is 35.5. The average Bonchev–Trinajstić information content (AvgIpc) is 2.46. The maximum Gasteiger partial charge on any atom is 0.0779 e. The van der Waals surface area contributed by atoms with E-state index in [1.807, 2.05) is 6.07 Å². The Bertz CT molecular complexity index is 450. The molecule has 1 aromatic carbocycles. The van der Waals surface area contributed by atoms with Crippen molar-refractivity contribution in [2.75, 3.05) is 18.1 Å². The molecule has 0 amide bonds. The standard InChI is InChI=1S/C15H19Cl2NO/c16-10-11-5-6-12(9-13(11)17)18-7-8-19-15-4-2-1-3-14(15)18/h5-6,9,14-15H,1-4,7-8,10H2. The van der Waals surface area contributed by atoms with Gasteiger partial charge in [-0.2, -0.15) is 0 Å². The number of hydrogen-bond donors (Lipinski definition) is 0. The lowest BCUT2D eigenvalue weighted by Gasteiger charge is -2.45. The third kappa shape index (κ3) is 2.72. The Morgan fingerprint density at radius 3 is 2.89 bits per heavy atom. The Morgan fingerprint density at radius 2 is 2.11 bits per heavy atom. The minimum absolute atomic E-state index is 0.397. The molecule has 0 spiro atoms. The number of halogens is 2. The van der Waals surface area contributed by atoms with Gasteiger partial charge < -0.3 is 9.64 Å². The van der Waals surface area contributed by atoms with Crippen molar-refractivity contribution in [2.24, 2.45) is 0 Å². The van der Waals surface area contributed by atoms with Crippen LogP contribution in [0.25, 0.3) is 0 Å². The van der Waals surface area contributed by atoms with E-state index in [2.05, 4.69) is 17.0 Å². The van der Waals surface area contributed by atoms with Crippen LogP contribution in [0.4, 0.5) is 5.69 Å². The van der Waals surface area contributed by atoms with Gasteiger partial charge in [0.1, 0.15) is 0 Å². The van der Waals surface area contributed by atoms with Gasteiger partial charge in [-0.05, 0) is 30.5 Å². The van der Waals surface area contributed by atoms with Gasteiger partial charge in [-0.1, -0.05) is 30.5 Å². The van der Waals surface area contributed by atoms with Gasteiger partial charge in [-0.3, -0.25) is 0 Å². The molecule has 0 radical (unpaired) electrons. The number of hydrogen-bond acceptors (Lipinski definition) is 2. The number of morpholine rings is 1. The van der Waals surface area contributed by atoms with Crippen LogP contribution in [0.1, 0.15) is 31.2 Å². The van der Waals surface area contributed by atoms with E-state index in [1.165, 1.54) is 31.4 Å². The number of nitrogens with zero attached hydrogens (tertiary/aromatic N) is 1. The highest BCUT2D eigenvalue weighted by Crippen LogP contribution is 2.33. The van der Waals surface area contributed by atoms with Gasteiger partial charge in [-0.25, -0.2) is 0 Å². The number of anilines is 1. The first-order chi connectivity index (χ1) is 9.29. The maximum atomic E-state index is 6.28. The summed E-state index contributed by atoms with van der Waals surface area (Å²) in [6, 6.07) is 6.75. The maximum absolute atomic E-state index is 6.28. The van der Waals surface area contributed by atoms with Crippen molar-refractivity contribution in [3.8, 4) is 0 Å². The van der Waals surface area contributed by atoms with Crippen LogP contribution in [0.2, 0.25) is 5.02 Å². The van der Waals surface area contributed by atoms with E-state index in [0.29, 0.717) is 18.0 Å². The summed E-state index contributed by atoms with van der Waals surface area (Å²) in [4.78, 5) is 2.47. The van der Waals surface area contributed by atoms with Gasteiger partial charge >= 0.3 is 0 Å². The highest BCUT2D eigenvalue weighted by Gasteiger charge is 2.34. The highest BCUT2D eigenvalue weighted by molar-refractivity contribution is 6.32. The summed E-state index contributed by atoms with van der Waals surface area (Å²) >= 11 is 12.1. The third-order valence-electron chi connectivity index (χ3n) is 4.24. The van der Waals surface area contributed by atoms with Crippen LogP contribution in [0, 0.1) is 0 Å². The van der Waals surface area contributed by atoms with Gasteiger partial charge in [0.15, 0.2) is 0 Å². The lowest BCUT2D eigenvalue weighted by Crippen LogP contribution is -2.52. The first-order valence-corrected chi connectivity index (χ1v) is 7.93. The molecule has 4 heteroatoms. The van der Waals surface area contributed by atoms with Crippen molar-refractivity contribution in [2.45, 2.75) is 43.7 Å². The number of ether oxygens (including phenoxy) is 1. The van der Waals surface area contributed by atoms with Gasteiger partial charge in [0.05, 0.1) is 18.8 Å². The van der Waals surface area contributed by atoms with Gasteiger partial charge in [-0.15, -0.1) is 11.6 Å². The van der Waals surface area contributed by atoms with Crippen LogP contribution in [-0.4, -0.2) is 25.3 Å². The normalized spacial score (nSPS) is 27.2. The molecule has 1 saturated carbocycles. The molecule has 0 aromatic heterocycles. The average molecular weight is 300 g/mol. The summed E-state index contributed by atoms with van der Waals surface area (Å²) in [5.74, 6) is 0.467. The van der Waals surface area contributed by atoms with Crippen LogP contribution in [-0.2, 0) is 10.6 Å². The zero-order chi connectivity index (χ0) is 13.2. The lowest BCUT2D eigenvalue weighted by atomic mass is 9.90. The number of fused-ring (bicyclic) bond motifs is 1. The molecule has 1 heterocycles. The third-order valence-corrected chi connectivity index (χ3v) is 4.88. The van der Waals surface area contributed by atoms with E-state index in [0.717, 1.165) is 23.7 Å². The summed E-state index contributed by atoms with van der Waals surface area (Å²) in [6.07, 6.45) is 5.40. The summed E-state index contributed by atoms with van der Waals surface area (Å²) in [6.45, 7) is 1.77. The molecular weight excluding hydrogens is 281 g/mol. The Kier molecular flexibility index (Phi) is 4.21. The SMILES string of the molecule is ClCc1ccc(N2CCOC3CCCCC32)cc1Cl. The van der Waals surface area contributed by atoms with Crippen molar-refractivity contribution in [3.05, 3.63) is 28.8 Å². The molecule has 2 unspecified atom stereocenters. The number of rotatable bonds is 2. The molecule has 3 rings (SSSR count). The Balaban J connectivity index is 1.85. The molecule has 2 fully saturated rings. The molecule has 19 heavy (non-hydrogen) atoms. The van der Waals surface area contributed by atoms with Crippen molar-refractivity contribution in [1.82, 2.24) is 0 Å². The first-order valence-electron chi connectivity index (χ1n) is 7.02. The van der Waals surface area contributed by atoms with E-state index >= 15 is 0 Å². The summed E-state index contributed by atoms with van der Waals surface area (Å²) in [7, 11) is 0. The fraction of sp³-hybridized carbons (Fsp3) is 0.600. The van der Waals surface area contributed by atoms with Gasteiger partial charge in [0.25, 0.3) is 0 Å². The summed E-state index contributed by atoms with van der Waals surface area (Å²) in [5.41, 5.74) is 2.21. The number of alkyl halides is 1. The van der Waals surface area contributed by atoms with Crippen molar-refractivity contribution < 1.29 is 4.74 Å². The minimum atomic E-state index is 0.397. The van der Waals surface area contributed by atoms with E-state index < -0.39 is 0 Å². The minimum Gasteiger partial charge on any atom is -0.374 e. The summed E-state index contributed by atoms with van der Waals surface area (Å²) < 4.78 is 5.91. The molecule has 1 aromatic rings. The van der Waals surface area contributed by atoms with Crippen LogP contribution in [0.5, 0.6) is 0 Å². The number of benzene rings is 1. The predicted octanol–water partition coefficient (Wildman–Crippen LogP) is 4.23. The second-order valence-electron chi connectivity index (χ2n) is 5.36. The van der Waals surface area contributed by atoms with Gasteiger partial charge in [0.2, 0.25) is 0 Å². The van der Waals surface area contributed by atoms with E-state index in [-0.39, 0.29) is 0 Å². The molecule has 0 N–H and O–H groups in total. The smallest absolute Gasteiger partial charge is 0.0779 e. The second-order valence-corrected chi connectivity index (χ2v) is 6.04. The Labute approximate surface area is 124 Å². The quantitative estimate of drug-likeness (QED) is 0.758. The van der Waals surface area contributed by atoms with Crippen LogP contribution < -0.4 is 4.90 Å². The molecule has 1 aliphatic heterocycles. The van der Waals surface area contributed by atoms with Crippen LogP contribution >= 0.6 is 23.2 Å². The lowest BCUT2D eigenvalue weighted by molar-refractivity contribution is -0.00867. The largest absolute Gasteiger partial charge is 0.374 e. The predicted molar refractivity (Wildman–Crippen MR) is 80.4 cm³/mol. The zero-order valence-corrected chi connectivity index (χ0v) is 12.5. The summed E-state index contributed by atoms with van der Waals surface area (Å²) in [5, 5.41) is 0.770. The fourth-order valence-electron chi connectivity index (χ4n) is 3.24. The first kappa shape index (κ1) is 13.5. The Hall–Kier alpha value is -0.440. The van der Waals surface area contributed by atoms with Crippen LogP contribution in [0.15, 0.2) is 18.2 Å². The van der Waals surface area contributed by atoms with E-state index in [1.54, 1.807) is 0 Å². The monoisotopic (exact) mass is 299 g/mol. The zero-order valence-electron chi connectivity index (χ0n) is 10.9. The van der Waals surface area contributed by atoms with Gasteiger partial charge in [0, 0.05) is 23.1 Å². The molecule has 0 bridgehead atoms. The van der Waals surface area contributed by atoms with E-state index in [9.17, 15) is 0 Å². The second kappa shape index (κ2) is 5.90. The molecule has 1 saturated heterocycles. The van der Waals surface area contributed by atoms with Crippen LogP contribution in [0.3, 0.4) is 0 Å². The van der Waals surface area contributed by atoms with Crippen molar-refractivity contribution in [3.63, 3.8) is 0 Å². The van der Waals surface area contributed by atoms with Crippen molar-refractivity contribution >= 4 is 28.9 Å². The Morgan fingerprint density at radius 1 is 1.26 bits per heavy atom. The molecule has 2 aliphatic rings. The molecule has 2 atom stereocenters. The molecular formula is C15H19Cl2NO. The molecule has 104 valence electrons.